The number of H-pyrrole nitrogens is 1. The van der Waals surface area contributed by atoms with Gasteiger partial charge in [0.2, 0.25) is 0 Å². The molecule has 0 aliphatic heterocycles. The summed E-state index contributed by atoms with van der Waals surface area (Å²) in [7, 11) is 0. The van der Waals surface area contributed by atoms with Gasteiger partial charge in [0.05, 0.1) is 22.9 Å². The molecule has 3 aromatic rings. The van der Waals surface area contributed by atoms with Gasteiger partial charge in [-0.25, -0.2) is 4.98 Å². The van der Waals surface area contributed by atoms with E-state index in [2.05, 4.69) is 15.3 Å². The molecule has 2 N–H and O–H groups in total. The molecule has 0 radical (unpaired) electrons. The summed E-state index contributed by atoms with van der Waals surface area (Å²) in [5.74, 6) is 0.483. The number of aromatic amines is 1. The molecule has 0 bridgehead atoms. The van der Waals surface area contributed by atoms with Crippen molar-refractivity contribution < 1.29 is 9.72 Å². The lowest BCUT2D eigenvalue weighted by Gasteiger charge is -2.16. The maximum absolute atomic E-state index is 11.5. The number of ketones is 1. The zero-order chi connectivity index (χ0) is 19.4. The Hall–Kier alpha value is -3.48. The minimum Gasteiger partial charge on any atom is -0.370 e. The van der Waals surface area contributed by atoms with Crippen LogP contribution in [-0.2, 0) is 0 Å². The average molecular weight is 364 g/mol. The number of imidazole rings is 1. The van der Waals surface area contributed by atoms with Crippen molar-refractivity contribution in [3.05, 3.63) is 76.2 Å². The zero-order valence-corrected chi connectivity index (χ0v) is 15.1. The predicted molar refractivity (Wildman–Crippen MR) is 104 cm³/mol. The Morgan fingerprint density at radius 1 is 1.26 bits per heavy atom. The normalized spacial score (nSPS) is 11.8. The van der Waals surface area contributed by atoms with Crippen LogP contribution in [0.2, 0.25) is 0 Å². The van der Waals surface area contributed by atoms with E-state index in [1.807, 2.05) is 37.3 Å². The summed E-state index contributed by atoms with van der Waals surface area (Å²) in [6.45, 7) is 3.35. The van der Waals surface area contributed by atoms with E-state index in [1.54, 1.807) is 18.3 Å². The van der Waals surface area contributed by atoms with Crippen molar-refractivity contribution in [3.8, 4) is 11.3 Å². The second-order valence-electron chi connectivity index (χ2n) is 6.20. The summed E-state index contributed by atoms with van der Waals surface area (Å²) in [5, 5.41) is 14.6. The minimum atomic E-state index is -0.487. The summed E-state index contributed by atoms with van der Waals surface area (Å²) >= 11 is 0. The number of aromatic nitrogens is 2. The Labute approximate surface area is 156 Å². The zero-order valence-electron chi connectivity index (χ0n) is 15.1. The lowest BCUT2D eigenvalue weighted by Crippen LogP contribution is -2.13. The SMILES string of the molecule is CC[C@H](Nc1ccc(C(C)=O)cc1[N+](=O)[O-])c1ncc(-c2ccccc2)[nH]1. The van der Waals surface area contributed by atoms with Crippen molar-refractivity contribution in [2.45, 2.75) is 26.3 Å². The van der Waals surface area contributed by atoms with Crippen molar-refractivity contribution in [1.29, 1.82) is 0 Å². The number of carbonyl (C=O) groups is 1. The smallest absolute Gasteiger partial charge is 0.293 e. The highest BCUT2D eigenvalue weighted by molar-refractivity contribution is 5.95. The van der Waals surface area contributed by atoms with Crippen LogP contribution in [0.4, 0.5) is 11.4 Å². The number of nitrogens with one attached hydrogen (secondary N) is 2. The van der Waals surface area contributed by atoms with Crippen molar-refractivity contribution in [1.82, 2.24) is 9.97 Å². The molecule has 0 aliphatic carbocycles. The number of carbonyl (C=O) groups excluding carboxylic acids is 1. The van der Waals surface area contributed by atoms with E-state index >= 15 is 0 Å². The molecule has 1 heterocycles. The standard InChI is InChI=1S/C20H20N4O3/c1-3-16(20-21-12-18(23-20)14-7-5-4-6-8-14)22-17-10-9-15(13(2)25)11-19(17)24(26)27/h4-12,16,22H,3H2,1-2H3,(H,21,23)/t16-/m0/s1. The molecule has 0 fully saturated rings. The molecule has 1 atom stereocenters. The van der Waals surface area contributed by atoms with Gasteiger partial charge in [-0.15, -0.1) is 0 Å². The molecule has 0 unspecified atom stereocenters. The van der Waals surface area contributed by atoms with E-state index in [1.165, 1.54) is 13.0 Å². The van der Waals surface area contributed by atoms with E-state index in [0.29, 0.717) is 23.5 Å². The van der Waals surface area contributed by atoms with Crippen molar-refractivity contribution in [2.24, 2.45) is 0 Å². The maximum atomic E-state index is 11.5. The second kappa shape index (κ2) is 7.82. The first kappa shape index (κ1) is 18.3. The van der Waals surface area contributed by atoms with Gasteiger partial charge in [-0.05, 0) is 31.0 Å². The number of Topliss-reactive ketones (excluding diaryl/α,β-unsaturated/α-hetero) is 1. The highest BCUT2D eigenvalue weighted by atomic mass is 16.6. The third kappa shape index (κ3) is 4.03. The van der Waals surface area contributed by atoms with Crippen LogP contribution in [0.25, 0.3) is 11.3 Å². The molecule has 3 rings (SSSR count). The van der Waals surface area contributed by atoms with Gasteiger partial charge in [-0.3, -0.25) is 14.9 Å². The minimum absolute atomic E-state index is 0.129. The first-order valence-electron chi connectivity index (χ1n) is 8.65. The Balaban J connectivity index is 1.89. The average Bonchev–Trinajstić information content (AvgIpc) is 3.16. The van der Waals surface area contributed by atoms with Gasteiger partial charge in [-0.2, -0.15) is 0 Å². The first-order valence-corrected chi connectivity index (χ1v) is 8.65. The summed E-state index contributed by atoms with van der Waals surface area (Å²) in [5.41, 5.74) is 2.44. The van der Waals surface area contributed by atoms with Gasteiger partial charge in [0.15, 0.2) is 5.78 Å². The number of rotatable bonds is 7. The van der Waals surface area contributed by atoms with Gasteiger partial charge in [0.1, 0.15) is 11.5 Å². The highest BCUT2D eigenvalue weighted by Gasteiger charge is 2.21. The molecule has 7 nitrogen and oxygen atoms in total. The van der Waals surface area contributed by atoms with Crippen LogP contribution >= 0.6 is 0 Å². The molecule has 27 heavy (non-hydrogen) atoms. The molecular weight excluding hydrogens is 344 g/mol. The molecule has 2 aromatic carbocycles. The summed E-state index contributed by atoms with van der Waals surface area (Å²) in [6, 6.07) is 14.0. The monoisotopic (exact) mass is 364 g/mol. The number of hydrogen-bond donors (Lipinski definition) is 2. The van der Waals surface area contributed by atoms with Crippen molar-refractivity contribution in [2.75, 3.05) is 5.32 Å². The molecule has 1 aromatic heterocycles. The van der Waals surface area contributed by atoms with E-state index in [0.717, 1.165) is 11.3 Å². The lowest BCUT2D eigenvalue weighted by molar-refractivity contribution is -0.384. The molecule has 7 heteroatoms. The Morgan fingerprint density at radius 3 is 2.63 bits per heavy atom. The second-order valence-corrected chi connectivity index (χ2v) is 6.20. The number of anilines is 1. The largest absolute Gasteiger partial charge is 0.370 e. The fraction of sp³-hybridized carbons (Fsp3) is 0.200. The first-order chi connectivity index (χ1) is 13.0. The van der Waals surface area contributed by atoms with Crippen LogP contribution in [0.5, 0.6) is 0 Å². The van der Waals surface area contributed by atoms with Gasteiger partial charge in [0, 0.05) is 11.6 Å². The number of nitro benzene ring substituents is 1. The summed E-state index contributed by atoms with van der Waals surface area (Å²) in [4.78, 5) is 30.2. The van der Waals surface area contributed by atoms with E-state index in [-0.39, 0.29) is 17.5 Å². The quantitative estimate of drug-likeness (QED) is 0.358. The summed E-state index contributed by atoms with van der Waals surface area (Å²) < 4.78 is 0. The van der Waals surface area contributed by atoms with E-state index < -0.39 is 4.92 Å². The van der Waals surface area contributed by atoms with E-state index in [4.69, 9.17) is 0 Å². The van der Waals surface area contributed by atoms with Crippen molar-refractivity contribution in [3.63, 3.8) is 0 Å². The van der Waals surface area contributed by atoms with Gasteiger partial charge in [0.25, 0.3) is 5.69 Å². The fourth-order valence-electron chi connectivity index (χ4n) is 2.85. The Bertz CT molecular complexity index is 966. The van der Waals surface area contributed by atoms with E-state index in [9.17, 15) is 14.9 Å². The maximum Gasteiger partial charge on any atom is 0.293 e. The van der Waals surface area contributed by atoms with Gasteiger partial charge >= 0.3 is 0 Å². The molecule has 0 amide bonds. The van der Waals surface area contributed by atoms with Gasteiger partial charge in [-0.1, -0.05) is 37.3 Å². The lowest BCUT2D eigenvalue weighted by atomic mass is 10.1. The fourth-order valence-corrected chi connectivity index (χ4v) is 2.85. The number of hydrogen-bond acceptors (Lipinski definition) is 5. The number of benzene rings is 2. The Morgan fingerprint density at radius 2 is 2.00 bits per heavy atom. The third-order valence-electron chi connectivity index (χ3n) is 4.35. The molecule has 0 saturated heterocycles. The third-order valence-corrected chi connectivity index (χ3v) is 4.35. The topological polar surface area (TPSA) is 101 Å². The molecule has 0 spiro atoms. The number of nitrogens with zero attached hydrogens (tertiary/aromatic N) is 2. The molecule has 0 aliphatic rings. The number of nitro groups is 1. The summed E-state index contributed by atoms with van der Waals surface area (Å²) in [6.07, 6.45) is 2.43. The Kier molecular flexibility index (Phi) is 5.30. The predicted octanol–water partition coefficient (Wildman–Crippen LogP) is 4.75. The van der Waals surface area contributed by atoms with Crippen LogP contribution in [0.3, 0.4) is 0 Å². The van der Waals surface area contributed by atoms with Crippen LogP contribution in [0, 0.1) is 10.1 Å². The molecule has 0 saturated carbocycles. The molecule has 138 valence electrons. The van der Waals surface area contributed by atoms with Crippen LogP contribution in [0.1, 0.15) is 42.5 Å². The van der Waals surface area contributed by atoms with Crippen LogP contribution in [0.15, 0.2) is 54.7 Å². The highest BCUT2D eigenvalue weighted by Crippen LogP contribution is 2.30. The van der Waals surface area contributed by atoms with Crippen LogP contribution < -0.4 is 5.32 Å². The molecular formula is C20H20N4O3. The van der Waals surface area contributed by atoms with Gasteiger partial charge < -0.3 is 10.3 Å². The van der Waals surface area contributed by atoms with Crippen LogP contribution in [-0.4, -0.2) is 20.7 Å². The van der Waals surface area contributed by atoms with Crippen molar-refractivity contribution >= 4 is 17.2 Å².